The molecule has 0 N–H and O–H groups in total. The normalized spacial score (nSPS) is 22.2. The first-order valence-corrected chi connectivity index (χ1v) is 8.80. The minimum atomic E-state index is -4.44. The summed E-state index contributed by atoms with van der Waals surface area (Å²) in [6.07, 6.45) is 1.60. The Morgan fingerprint density at radius 3 is 2.60 bits per heavy atom. The lowest BCUT2D eigenvalue weighted by Crippen LogP contribution is -2.36. The molecule has 0 radical (unpaired) electrons. The van der Waals surface area contributed by atoms with E-state index in [1.165, 1.54) is 31.1 Å². The van der Waals surface area contributed by atoms with E-state index in [4.69, 9.17) is 11.6 Å². The van der Waals surface area contributed by atoms with Gasteiger partial charge in [0, 0.05) is 30.2 Å². The second-order valence-electron chi connectivity index (χ2n) is 6.54. The summed E-state index contributed by atoms with van der Waals surface area (Å²) in [6.45, 7) is 3.53. The number of likely N-dealkylation sites (tertiary alicyclic amines) is 2. The zero-order valence-electron chi connectivity index (χ0n) is 13.7. The Morgan fingerprint density at radius 1 is 1.20 bits per heavy atom. The molecule has 0 spiro atoms. The summed E-state index contributed by atoms with van der Waals surface area (Å²) >= 11 is 5.95. The highest BCUT2D eigenvalue weighted by atomic mass is 35.5. The molecule has 1 aromatic carbocycles. The summed E-state index contributed by atoms with van der Waals surface area (Å²) in [6, 6.07) is 3.50. The highest BCUT2D eigenvalue weighted by molar-refractivity contribution is 6.32. The predicted octanol–water partition coefficient (Wildman–Crippen LogP) is 4.07. The lowest BCUT2D eigenvalue weighted by molar-refractivity contribution is -0.137. The summed E-state index contributed by atoms with van der Waals surface area (Å²) < 4.78 is 38.4. The highest BCUT2D eigenvalue weighted by Crippen LogP contribution is 2.32. The second-order valence-corrected chi connectivity index (χ2v) is 6.94. The Balaban J connectivity index is 1.65. The lowest BCUT2D eigenvalue weighted by atomic mass is 10.1. The maximum Gasteiger partial charge on any atom is 0.416 e. The molecule has 7 heteroatoms. The molecule has 2 aliphatic rings. The molecule has 136 valence electrons. The van der Waals surface area contributed by atoms with Crippen molar-refractivity contribution in [2.45, 2.75) is 31.5 Å². The van der Waals surface area contributed by atoms with Gasteiger partial charge in [-0.3, -0.25) is 9.69 Å². The molecule has 2 heterocycles. The number of alkyl halides is 3. The van der Waals surface area contributed by atoms with Crippen LogP contribution in [-0.2, 0) is 11.0 Å². The van der Waals surface area contributed by atoms with Crippen molar-refractivity contribution >= 4 is 23.6 Å². The van der Waals surface area contributed by atoms with Gasteiger partial charge in [0.05, 0.1) is 5.56 Å². The molecule has 0 bridgehead atoms. The van der Waals surface area contributed by atoms with E-state index in [1.807, 2.05) is 0 Å². The first-order chi connectivity index (χ1) is 11.8. The van der Waals surface area contributed by atoms with Crippen LogP contribution in [0.4, 0.5) is 13.2 Å². The van der Waals surface area contributed by atoms with Gasteiger partial charge in [0.2, 0.25) is 5.91 Å². The molecule has 0 aliphatic carbocycles. The van der Waals surface area contributed by atoms with Crippen LogP contribution in [0.25, 0.3) is 6.08 Å². The van der Waals surface area contributed by atoms with Gasteiger partial charge in [0.1, 0.15) is 0 Å². The second kappa shape index (κ2) is 7.38. The van der Waals surface area contributed by atoms with Crippen LogP contribution in [0.15, 0.2) is 24.3 Å². The van der Waals surface area contributed by atoms with E-state index in [9.17, 15) is 18.0 Å². The van der Waals surface area contributed by atoms with E-state index in [0.717, 1.165) is 31.6 Å². The summed E-state index contributed by atoms with van der Waals surface area (Å²) in [5, 5.41) is 0.188. The van der Waals surface area contributed by atoms with Crippen LogP contribution >= 0.6 is 11.6 Å². The molecule has 1 amide bonds. The molecule has 3 nitrogen and oxygen atoms in total. The fraction of sp³-hybridized carbons (Fsp3) is 0.500. The summed E-state index contributed by atoms with van der Waals surface area (Å²) in [7, 11) is 0. The van der Waals surface area contributed by atoms with Crippen LogP contribution in [0.2, 0.25) is 5.02 Å². The summed E-state index contributed by atoms with van der Waals surface area (Å²) in [5.41, 5.74) is -0.584. The molecule has 2 fully saturated rings. The zero-order valence-corrected chi connectivity index (χ0v) is 14.5. The van der Waals surface area contributed by atoms with Crippen LogP contribution in [0, 0.1) is 0 Å². The monoisotopic (exact) mass is 372 g/mol. The molecule has 0 saturated carbocycles. The number of amides is 1. The number of hydrogen-bond acceptors (Lipinski definition) is 2. The van der Waals surface area contributed by atoms with Crippen molar-refractivity contribution in [3.63, 3.8) is 0 Å². The van der Waals surface area contributed by atoms with Gasteiger partial charge in [-0.05, 0) is 62.2 Å². The van der Waals surface area contributed by atoms with Gasteiger partial charge in [-0.2, -0.15) is 13.2 Å². The highest BCUT2D eigenvalue weighted by Gasteiger charge is 2.32. The van der Waals surface area contributed by atoms with E-state index in [-0.39, 0.29) is 16.5 Å². The summed E-state index contributed by atoms with van der Waals surface area (Å²) in [4.78, 5) is 16.5. The number of carbonyl (C=O) groups is 1. The van der Waals surface area contributed by atoms with Gasteiger partial charge in [-0.25, -0.2) is 0 Å². The number of rotatable bonds is 3. The molecule has 0 aromatic heterocycles. The minimum Gasteiger partial charge on any atom is -0.338 e. The van der Waals surface area contributed by atoms with Crippen molar-refractivity contribution in [1.29, 1.82) is 0 Å². The van der Waals surface area contributed by atoms with Crippen LogP contribution < -0.4 is 0 Å². The van der Waals surface area contributed by atoms with Crippen molar-refractivity contribution in [3.8, 4) is 0 Å². The molecule has 25 heavy (non-hydrogen) atoms. The number of hydrogen-bond donors (Lipinski definition) is 0. The largest absolute Gasteiger partial charge is 0.416 e. The molecular weight excluding hydrogens is 353 g/mol. The first-order valence-electron chi connectivity index (χ1n) is 8.42. The molecule has 1 aromatic rings. The van der Waals surface area contributed by atoms with Crippen LogP contribution in [0.1, 0.15) is 30.4 Å². The van der Waals surface area contributed by atoms with Crippen LogP contribution in [0.3, 0.4) is 0 Å². The fourth-order valence-corrected chi connectivity index (χ4v) is 3.64. The standard InChI is InChI=1S/C18H20ClF3N2O/c19-16-5-4-14(18(20,21)22)11-13(16)3-6-17(25)24-10-7-15(12-24)23-8-1-2-9-23/h3-6,11,15H,1-2,7-10,12H2/b6-3+. The molecule has 2 aliphatic heterocycles. The molecular formula is C18H20ClF3N2O. The molecule has 1 unspecified atom stereocenters. The number of benzene rings is 1. The van der Waals surface area contributed by atoms with Gasteiger partial charge in [0.15, 0.2) is 0 Å². The van der Waals surface area contributed by atoms with E-state index < -0.39 is 11.7 Å². The minimum absolute atomic E-state index is 0.185. The van der Waals surface area contributed by atoms with E-state index in [1.54, 1.807) is 4.90 Å². The topological polar surface area (TPSA) is 23.6 Å². The van der Waals surface area contributed by atoms with Crippen LogP contribution in [-0.4, -0.2) is 47.9 Å². The number of nitrogens with zero attached hydrogens (tertiary/aromatic N) is 2. The SMILES string of the molecule is O=C(/C=C/c1cc(C(F)(F)F)ccc1Cl)N1CCC(N2CCCC2)C1. The van der Waals surface area contributed by atoms with E-state index >= 15 is 0 Å². The predicted molar refractivity (Wildman–Crippen MR) is 91.3 cm³/mol. The Bertz CT molecular complexity index is 669. The van der Waals surface area contributed by atoms with Gasteiger partial charge in [0.25, 0.3) is 0 Å². The quantitative estimate of drug-likeness (QED) is 0.747. The third kappa shape index (κ3) is 4.36. The van der Waals surface area contributed by atoms with Crippen LogP contribution in [0.5, 0.6) is 0 Å². The Kier molecular flexibility index (Phi) is 5.39. The summed E-state index contributed by atoms with van der Waals surface area (Å²) in [5.74, 6) is -0.185. The van der Waals surface area contributed by atoms with Crippen molar-refractivity contribution in [2.75, 3.05) is 26.2 Å². The Morgan fingerprint density at radius 2 is 1.92 bits per heavy atom. The average Bonchev–Trinajstić information content (AvgIpc) is 3.23. The fourth-order valence-electron chi connectivity index (χ4n) is 3.46. The average molecular weight is 373 g/mol. The Hall–Kier alpha value is -1.53. The number of carbonyl (C=O) groups excluding carboxylic acids is 1. The smallest absolute Gasteiger partial charge is 0.338 e. The van der Waals surface area contributed by atoms with Gasteiger partial charge in [-0.15, -0.1) is 0 Å². The Labute approximate surface area is 150 Å². The maximum absolute atomic E-state index is 12.8. The van der Waals surface area contributed by atoms with Crippen molar-refractivity contribution in [1.82, 2.24) is 9.80 Å². The first kappa shape index (κ1) is 18.3. The number of halogens is 4. The molecule has 3 rings (SSSR count). The van der Waals surface area contributed by atoms with Gasteiger partial charge >= 0.3 is 6.18 Å². The van der Waals surface area contributed by atoms with E-state index in [0.29, 0.717) is 19.1 Å². The van der Waals surface area contributed by atoms with Gasteiger partial charge in [-0.1, -0.05) is 11.6 Å². The third-order valence-electron chi connectivity index (χ3n) is 4.86. The third-order valence-corrected chi connectivity index (χ3v) is 5.21. The molecule has 1 atom stereocenters. The van der Waals surface area contributed by atoms with E-state index in [2.05, 4.69) is 4.90 Å². The van der Waals surface area contributed by atoms with Crippen molar-refractivity contribution in [3.05, 3.63) is 40.4 Å². The van der Waals surface area contributed by atoms with Crippen molar-refractivity contribution in [2.24, 2.45) is 0 Å². The van der Waals surface area contributed by atoms with Gasteiger partial charge < -0.3 is 4.90 Å². The maximum atomic E-state index is 12.8. The van der Waals surface area contributed by atoms with Crippen molar-refractivity contribution < 1.29 is 18.0 Å². The zero-order chi connectivity index (χ0) is 18.0. The molecule has 2 saturated heterocycles. The lowest BCUT2D eigenvalue weighted by Gasteiger charge is -2.23.